The number of benzene rings is 2. The third-order valence-electron chi connectivity index (χ3n) is 4.15. The lowest BCUT2D eigenvalue weighted by molar-refractivity contribution is 0.355. The van der Waals surface area contributed by atoms with E-state index in [-0.39, 0.29) is 0 Å². The summed E-state index contributed by atoms with van der Waals surface area (Å²) in [5.74, 6) is 1.66. The molecule has 0 atom stereocenters. The lowest BCUT2D eigenvalue weighted by atomic mass is 10.1. The Hall–Kier alpha value is -3.24. The molecule has 142 valence electrons. The van der Waals surface area contributed by atoms with Crippen LogP contribution in [-0.2, 0) is 0 Å². The second kappa shape index (κ2) is 8.63. The minimum absolute atomic E-state index is 0.386. The van der Waals surface area contributed by atoms with Gasteiger partial charge in [-0.05, 0) is 25.3 Å². The maximum atomic E-state index is 9.82. The van der Waals surface area contributed by atoms with Gasteiger partial charge in [0.1, 0.15) is 11.6 Å². The molecule has 2 aromatic carbocycles. The zero-order chi connectivity index (χ0) is 20.1. The SMILES string of the molecule is COc1ccc(Nc2nc(SC)nc(-c3ccc(C)cc3)c2C#N)cc1OC. The third-order valence-corrected chi connectivity index (χ3v) is 4.70. The predicted molar refractivity (Wildman–Crippen MR) is 112 cm³/mol. The number of rotatable bonds is 6. The summed E-state index contributed by atoms with van der Waals surface area (Å²) in [4.78, 5) is 9.08. The van der Waals surface area contributed by atoms with Crippen LogP contribution in [0.25, 0.3) is 11.3 Å². The molecule has 0 radical (unpaired) electrons. The Morgan fingerprint density at radius 2 is 1.71 bits per heavy atom. The van der Waals surface area contributed by atoms with Gasteiger partial charge in [-0.15, -0.1) is 0 Å². The van der Waals surface area contributed by atoms with Gasteiger partial charge in [0, 0.05) is 17.3 Å². The van der Waals surface area contributed by atoms with E-state index in [0.717, 1.165) is 16.8 Å². The highest BCUT2D eigenvalue weighted by Crippen LogP contribution is 2.33. The molecule has 0 spiro atoms. The van der Waals surface area contributed by atoms with Gasteiger partial charge in [0.2, 0.25) is 0 Å². The number of aryl methyl sites for hydroxylation is 1. The molecule has 6 nitrogen and oxygen atoms in total. The Balaban J connectivity index is 2.09. The molecule has 0 aliphatic carbocycles. The van der Waals surface area contributed by atoms with E-state index in [1.807, 2.05) is 43.5 Å². The molecule has 0 aliphatic rings. The maximum Gasteiger partial charge on any atom is 0.189 e. The van der Waals surface area contributed by atoms with Crippen LogP contribution in [0.15, 0.2) is 47.6 Å². The number of hydrogen-bond donors (Lipinski definition) is 1. The Morgan fingerprint density at radius 3 is 2.32 bits per heavy atom. The second-order valence-corrected chi connectivity index (χ2v) is 6.73. The number of ether oxygens (including phenoxy) is 2. The average Bonchev–Trinajstić information content (AvgIpc) is 2.73. The monoisotopic (exact) mass is 392 g/mol. The van der Waals surface area contributed by atoms with Gasteiger partial charge in [0.05, 0.1) is 19.9 Å². The van der Waals surface area contributed by atoms with Crippen LogP contribution >= 0.6 is 11.8 Å². The van der Waals surface area contributed by atoms with Crippen LogP contribution in [0.1, 0.15) is 11.1 Å². The first-order chi connectivity index (χ1) is 13.6. The quantitative estimate of drug-likeness (QED) is 0.476. The van der Waals surface area contributed by atoms with Crippen LogP contribution in [0.4, 0.5) is 11.5 Å². The summed E-state index contributed by atoms with van der Waals surface area (Å²) in [7, 11) is 3.16. The fourth-order valence-corrected chi connectivity index (χ4v) is 3.06. The maximum absolute atomic E-state index is 9.82. The molecule has 3 aromatic rings. The summed E-state index contributed by atoms with van der Waals surface area (Å²) in [6, 6.07) is 15.6. The van der Waals surface area contributed by atoms with Gasteiger partial charge in [-0.2, -0.15) is 5.26 Å². The highest BCUT2D eigenvalue weighted by molar-refractivity contribution is 7.98. The smallest absolute Gasteiger partial charge is 0.189 e. The molecule has 7 heteroatoms. The molecular formula is C21H20N4O2S. The van der Waals surface area contributed by atoms with E-state index >= 15 is 0 Å². The standard InChI is InChI=1S/C21H20N4O2S/c1-13-5-7-14(8-6-13)19-16(12-22)20(25-21(24-19)28-4)23-15-9-10-17(26-2)18(11-15)27-3/h5-11H,1-4H3,(H,23,24,25). The van der Waals surface area contributed by atoms with Gasteiger partial charge in [0.15, 0.2) is 22.5 Å². The molecule has 0 unspecified atom stereocenters. The first-order valence-electron chi connectivity index (χ1n) is 8.51. The van der Waals surface area contributed by atoms with E-state index < -0.39 is 0 Å². The van der Waals surface area contributed by atoms with Crippen molar-refractivity contribution in [2.45, 2.75) is 12.1 Å². The van der Waals surface area contributed by atoms with Crippen LogP contribution in [-0.4, -0.2) is 30.4 Å². The first kappa shape index (κ1) is 19.5. The topological polar surface area (TPSA) is 80.1 Å². The summed E-state index contributed by atoms with van der Waals surface area (Å²) in [5, 5.41) is 13.6. The number of hydrogen-bond acceptors (Lipinski definition) is 7. The van der Waals surface area contributed by atoms with Gasteiger partial charge in [-0.1, -0.05) is 41.6 Å². The molecule has 0 bridgehead atoms. The second-order valence-electron chi connectivity index (χ2n) is 5.96. The number of anilines is 2. The van der Waals surface area contributed by atoms with Crippen LogP contribution in [0.3, 0.4) is 0 Å². The van der Waals surface area contributed by atoms with Gasteiger partial charge in [-0.25, -0.2) is 9.97 Å². The molecule has 0 saturated heterocycles. The first-order valence-corrected chi connectivity index (χ1v) is 9.74. The third kappa shape index (κ3) is 4.02. The molecule has 0 fully saturated rings. The normalized spacial score (nSPS) is 10.2. The van der Waals surface area contributed by atoms with Gasteiger partial charge < -0.3 is 14.8 Å². The molecule has 0 amide bonds. The summed E-state index contributed by atoms with van der Waals surface area (Å²) in [6.45, 7) is 2.02. The Bertz CT molecular complexity index is 1030. The van der Waals surface area contributed by atoms with Crippen molar-refractivity contribution >= 4 is 23.3 Å². The lowest BCUT2D eigenvalue weighted by Crippen LogP contribution is -2.03. The molecular weight excluding hydrogens is 372 g/mol. The number of nitriles is 1. The number of methoxy groups -OCH3 is 2. The highest BCUT2D eigenvalue weighted by Gasteiger charge is 2.17. The van der Waals surface area contributed by atoms with E-state index in [0.29, 0.717) is 33.7 Å². The van der Waals surface area contributed by atoms with Crippen LogP contribution < -0.4 is 14.8 Å². The predicted octanol–water partition coefficient (Wildman–Crippen LogP) is 4.81. The zero-order valence-corrected chi connectivity index (χ0v) is 16.9. The van der Waals surface area contributed by atoms with Crippen molar-refractivity contribution in [1.29, 1.82) is 5.26 Å². The summed E-state index contributed by atoms with van der Waals surface area (Å²) in [5.41, 5.74) is 3.73. The molecule has 0 aliphatic heterocycles. The zero-order valence-electron chi connectivity index (χ0n) is 16.1. The largest absolute Gasteiger partial charge is 0.493 e. The van der Waals surface area contributed by atoms with E-state index in [9.17, 15) is 5.26 Å². The molecule has 1 heterocycles. The average molecular weight is 392 g/mol. The van der Waals surface area contributed by atoms with Crippen LogP contribution in [0.2, 0.25) is 0 Å². The van der Waals surface area contributed by atoms with Crippen molar-refractivity contribution in [2.75, 3.05) is 25.8 Å². The van der Waals surface area contributed by atoms with Crippen LogP contribution in [0, 0.1) is 18.3 Å². The van der Waals surface area contributed by atoms with Crippen molar-refractivity contribution < 1.29 is 9.47 Å². The fraction of sp³-hybridized carbons (Fsp3) is 0.190. The van der Waals surface area contributed by atoms with Crippen molar-refractivity contribution in [2.24, 2.45) is 0 Å². The van der Waals surface area contributed by atoms with Gasteiger partial charge >= 0.3 is 0 Å². The Morgan fingerprint density at radius 1 is 1.00 bits per heavy atom. The number of nitrogens with one attached hydrogen (secondary N) is 1. The Labute approximate surface area is 168 Å². The Kier molecular flexibility index (Phi) is 6.02. The van der Waals surface area contributed by atoms with E-state index in [2.05, 4.69) is 21.4 Å². The minimum atomic E-state index is 0.386. The lowest BCUT2D eigenvalue weighted by Gasteiger charge is -2.14. The van der Waals surface area contributed by atoms with Crippen molar-refractivity contribution in [1.82, 2.24) is 9.97 Å². The molecule has 3 rings (SSSR count). The highest BCUT2D eigenvalue weighted by atomic mass is 32.2. The number of nitrogens with zero attached hydrogens (tertiary/aromatic N) is 3. The van der Waals surface area contributed by atoms with Crippen molar-refractivity contribution in [3.63, 3.8) is 0 Å². The minimum Gasteiger partial charge on any atom is -0.493 e. The van der Waals surface area contributed by atoms with Gasteiger partial charge in [0.25, 0.3) is 0 Å². The summed E-state index contributed by atoms with van der Waals surface area (Å²) >= 11 is 1.42. The fourth-order valence-electron chi connectivity index (χ4n) is 2.70. The number of thioether (sulfide) groups is 1. The molecule has 1 aromatic heterocycles. The van der Waals surface area contributed by atoms with Crippen molar-refractivity contribution in [3.05, 3.63) is 53.6 Å². The summed E-state index contributed by atoms with van der Waals surface area (Å²) in [6.07, 6.45) is 1.90. The number of aromatic nitrogens is 2. The van der Waals surface area contributed by atoms with Crippen LogP contribution in [0.5, 0.6) is 11.5 Å². The molecule has 0 saturated carbocycles. The van der Waals surface area contributed by atoms with Crippen molar-refractivity contribution in [3.8, 4) is 28.8 Å². The molecule has 28 heavy (non-hydrogen) atoms. The van der Waals surface area contributed by atoms with E-state index in [4.69, 9.17) is 9.47 Å². The van der Waals surface area contributed by atoms with E-state index in [1.165, 1.54) is 11.8 Å². The molecule has 1 N–H and O–H groups in total. The van der Waals surface area contributed by atoms with Gasteiger partial charge in [-0.3, -0.25) is 0 Å². The van der Waals surface area contributed by atoms with E-state index in [1.54, 1.807) is 26.4 Å². The summed E-state index contributed by atoms with van der Waals surface area (Å²) < 4.78 is 10.6.